The minimum atomic E-state index is -0.832. The second-order valence-electron chi connectivity index (χ2n) is 7.20. The maximum absolute atomic E-state index is 13.9. The Labute approximate surface area is 164 Å². The van der Waals surface area contributed by atoms with Crippen molar-refractivity contribution in [1.29, 1.82) is 5.26 Å². The van der Waals surface area contributed by atoms with E-state index in [1.807, 2.05) is 58.1 Å². The summed E-state index contributed by atoms with van der Waals surface area (Å²) < 4.78 is 2.03. The van der Waals surface area contributed by atoms with Gasteiger partial charge >= 0.3 is 0 Å². The van der Waals surface area contributed by atoms with Crippen molar-refractivity contribution in [2.45, 2.75) is 38.4 Å². The number of carbonyl (C=O) groups excluding carboxylic acids is 1. The third-order valence-electron chi connectivity index (χ3n) is 5.44. The molecule has 2 aromatic carbocycles. The molecule has 28 heavy (non-hydrogen) atoms. The Hall–Kier alpha value is -3.39. The quantitative estimate of drug-likeness (QED) is 0.685. The molecular formula is C23H22N4O. The van der Waals surface area contributed by atoms with Gasteiger partial charge in [0.2, 0.25) is 0 Å². The Morgan fingerprint density at radius 1 is 1.14 bits per heavy atom. The van der Waals surface area contributed by atoms with Gasteiger partial charge in [-0.15, -0.1) is 0 Å². The first kappa shape index (κ1) is 18.0. The van der Waals surface area contributed by atoms with Gasteiger partial charge in [-0.25, -0.2) is 4.98 Å². The van der Waals surface area contributed by atoms with Crippen LogP contribution >= 0.6 is 0 Å². The maximum Gasteiger partial charge on any atom is 0.254 e. The van der Waals surface area contributed by atoms with Crippen LogP contribution in [0.5, 0.6) is 0 Å². The summed E-state index contributed by atoms with van der Waals surface area (Å²) in [5, 5.41) is 9.15. The summed E-state index contributed by atoms with van der Waals surface area (Å²) in [6, 6.07) is 19.6. The lowest BCUT2D eigenvalue weighted by atomic mass is 9.81. The first-order valence-corrected chi connectivity index (χ1v) is 9.54. The van der Waals surface area contributed by atoms with Crippen LogP contribution in [-0.4, -0.2) is 20.4 Å². The summed E-state index contributed by atoms with van der Waals surface area (Å²) in [5.74, 6) is 0.0772. The zero-order valence-electron chi connectivity index (χ0n) is 15.9. The highest BCUT2D eigenvalue weighted by Gasteiger charge is 2.47. The summed E-state index contributed by atoms with van der Waals surface area (Å²) in [6.45, 7) is 3.19. The average Bonchev–Trinajstić information content (AvgIpc) is 3.21. The fraction of sp³-hybridized carbons (Fsp3) is 0.261. The predicted octanol–water partition coefficient (Wildman–Crippen LogP) is 3.84. The lowest BCUT2D eigenvalue weighted by molar-refractivity contribution is -0.143. The number of hydrogen-bond donors (Lipinski definition) is 0. The van der Waals surface area contributed by atoms with Crippen molar-refractivity contribution in [3.63, 3.8) is 0 Å². The highest BCUT2D eigenvalue weighted by atomic mass is 16.2. The van der Waals surface area contributed by atoms with E-state index in [-0.39, 0.29) is 5.91 Å². The minimum Gasteiger partial charge on any atom is -0.330 e. The molecular weight excluding hydrogens is 348 g/mol. The molecule has 0 radical (unpaired) electrons. The van der Waals surface area contributed by atoms with Gasteiger partial charge in [0.1, 0.15) is 5.54 Å². The van der Waals surface area contributed by atoms with E-state index in [1.165, 1.54) is 0 Å². The van der Waals surface area contributed by atoms with E-state index in [1.54, 1.807) is 18.5 Å². The van der Waals surface area contributed by atoms with Crippen LogP contribution in [0.25, 0.3) is 0 Å². The number of carbonyl (C=O) groups is 1. The van der Waals surface area contributed by atoms with Crippen molar-refractivity contribution in [3.05, 3.63) is 89.5 Å². The van der Waals surface area contributed by atoms with Gasteiger partial charge in [-0.3, -0.25) is 4.79 Å². The molecule has 0 bridgehead atoms. The molecule has 0 aliphatic carbocycles. The Balaban J connectivity index is 1.83. The topological polar surface area (TPSA) is 61.9 Å². The monoisotopic (exact) mass is 370 g/mol. The van der Waals surface area contributed by atoms with Crippen LogP contribution in [0.2, 0.25) is 0 Å². The van der Waals surface area contributed by atoms with E-state index in [0.29, 0.717) is 25.1 Å². The fourth-order valence-corrected chi connectivity index (χ4v) is 4.16. The third kappa shape index (κ3) is 2.87. The molecule has 5 heteroatoms. The summed E-state index contributed by atoms with van der Waals surface area (Å²) >= 11 is 0. The zero-order valence-corrected chi connectivity index (χ0v) is 15.9. The number of fused-ring (bicyclic) bond motifs is 1. The molecule has 0 saturated heterocycles. The first-order chi connectivity index (χ1) is 13.7. The van der Waals surface area contributed by atoms with Gasteiger partial charge in [-0.05, 0) is 29.7 Å². The largest absolute Gasteiger partial charge is 0.330 e. The molecule has 1 atom stereocenters. The lowest BCUT2D eigenvalue weighted by Crippen LogP contribution is -2.55. The van der Waals surface area contributed by atoms with Crippen LogP contribution < -0.4 is 0 Å². The molecule has 0 N–H and O–H groups in total. The molecule has 1 unspecified atom stereocenters. The van der Waals surface area contributed by atoms with Crippen LogP contribution in [0.3, 0.4) is 0 Å². The maximum atomic E-state index is 13.9. The normalized spacial score (nSPS) is 18.6. The number of aromatic nitrogens is 2. The van der Waals surface area contributed by atoms with E-state index in [2.05, 4.69) is 18.0 Å². The van der Waals surface area contributed by atoms with Crippen molar-refractivity contribution in [2.24, 2.45) is 0 Å². The molecule has 4 rings (SSSR count). The van der Waals surface area contributed by atoms with E-state index < -0.39 is 5.54 Å². The zero-order chi connectivity index (χ0) is 19.6. The van der Waals surface area contributed by atoms with Crippen LogP contribution in [0.15, 0.2) is 67.1 Å². The third-order valence-corrected chi connectivity index (χ3v) is 5.44. The smallest absolute Gasteiger partial charge is 0.254 e. The van der Waals surface area contributed by atoms with Crippen molar-refractivity contribution in [1.82, 2.24) is 14.5 Å². The Kier molecular flexibility index (Phi) is 4.70. The number of amides is 1. The number of rotatable bonds is 5. The fourth-order valence-electron chi connectivity index (χ4n) is 4.16. The van der Waals surface area contributed by atoms with Gasteiger partial charge in [0.15, 0.2) is 0 Å². The Morgan fingerprint density at radius 3 is 2.57 bits per heavy atom. The molecule has 0 spiro atoms. The number of nitriles is 1. The van der Waals surface area contributed by atoms with Gasteiger partial charge in [0.25, 0.3) is 5.91 Å². The van der Waals surface area contributed by atoms with Crippen molar-refractivity contribution in [3.8, 4) is 6.07 Å². The van der Waals surface area contributed by atoms with Gasteiger partial charge < -0.3 is 9.47 Å². The molecule has 1 aliphatic heterocycles. The second kappa shape index (κ2) is 7.32. The summed E-state index contributed by atoms with van der Waals surface area (Å²) in [4.78, 5) is 20.1. The molecule has 2 heterocycles. The Morgan fingerprint density at radius 2 is 1.89 bits per heavy atom. The highest BCUT2D eigenvalue weighted by Crippen LogP contribution is 2.39. The lowest BCUT2D eigenvalue weighted by Gasteiger charge is -2.43. The number of hydrogen-bond acceptors (Lipinski definition) is 3. The number of imidazole rings is 1. The summed E-state index contributed by atoms with van der Waals surface area (Å²) in [5.41, 5.74) is 2.78. The SMILES string of the molecule is CCCC1(c2ccc(C#N)cc2)C(=O)N(Cc2ccccc2)Cc2cncn21. The number of nitrogens with zero attached hydrogens (tertiary/aromatic N) is 4. The molecule has 0 saturated carbocycles. The summed E-state index contributed by atoms with van der Waals surface area (Å²) in [7, 11) is 0. The highest BCUT2D eigenvalue weighted by molar-refractivity contribution is 5.89. The molecule has 5 nitrogen and oxygen atoms in total. The van der Waals surface area contributed by atoms with Crippen LogP contribution in [-0.2, 0) is 23.4 Å². The molecule has 0 fully saturated rings. The number of benzene rings is 2. The second-order valence-corrected chi connectivity index (χ2v) is 7.20. The van der Waals surface area contributed by atoms with Crippen LogP contribution in [0, 0.1) is 11.3 Å². The van der Waals surface area contributed by atoms with E-state index in [4.69, 9.17) is 5.26 Å². The molecule has 140 valence electrons. The van der Waals surface area contributed by atoms with Crippen LogP contribution in [0.4, 0.5) is 0 Å². The molecule has 1 amide bonds. The van der Waals surface area contributed by atoms with Crippen molar-refractivity contribution >= 4 is 5.91 Å². The molecule has 1 aromatic heterocycles. The summed E-state index contributed by atoms with van der Waals surface area (Å²) in [6.07, 6.45) is 5.13. The standard InChI is InChI=1S/C23H22N4O/c1-2-12-23(20-10-8-18(13-24)9-11-20)22(28)26(15-19-6-4-3-5-7-19)16-21-14-25-17-27(21)23/h3-11,14,17H,2,12,15-16H2,1H3. The van der Waals surface area contributed by atoms with E-state index >= 15 is 0 Å². The predicted molar refractivity (Wildman–Crippen MR) is 106 cm³/mol. The minimum absolute atomic E-state index is 0.0772. The molecule has 3 aromatic rings. The van der Waals surface area contributed by atoms with Gasteiger partial charge in [-0.1, -0.05) is 55.8 Å². The van der Waals surface area contributed by atoms with E-state index in [0.717, 1.165) is 23.2 Å². The van der Waals surface area contributed by atoms with Crippen molar-refractivity contribution in [2.75, 3.05) is 0 Å². The first-order valence-electron chi connectivity index (χ1n) is 9.54. The average molecular weight is 370 g/mol. The van der Waals surface area contributed by atoms with Crippen molar-refractivity contribution < 1.29 is 4.79 Å². The molecule has 1 aliphatic rings. The van der Waals surface area contributed by atoms with Crippen LogP contribution in [0.1, 0.15) is 42.1 Å². The van der Waals surface area contributed by atoms with Gasteiger partial charge in [0.05, 0.1) is 30.2 Å². The van der Waals surface area contributed by atoms with E-state index in [9.17, 15) is 4.79 Å². The van der Waals surface area contributed by atoms with Gasteiger partial charge in [-0.2, -0.15) is 5.26 Å². The van der Waals surface area contributed by atoms with Gasteiger partial charge in [0, 0.05) is 12.7 Å². The Bertz CT molecular complexity index is 1020.